The predicted molar refractivity (Wildman–Crippen MR) is 107 cm³/mol. The van der Waals surface area contributed by atoms with Crippen molar-refractivity contribution < 1.29 is 9.32 Å². The highest BCUT2D eigenvalue weighted by Crippen LogP contribution is 2.14. The maximum absolute atomic E-state index is 12.2. The summed E-state index contributed by atoms with van der Waals surface area (Å²) >= 11 is 0. The molecule has 1 aromatic carbocycles. The summed E-state index contributed by atoms with van der Waals surface area (Å²) in [6.45, 7) is 7.21. The van der Waals surface area contributed by atoms with E-state index in [1.807, 2.05) is 30.3 Å². The van der Waals surface area contributed by atoms with E-state index in [0.717, 1.165) is 25.2 Å². The molecule has 0 fully saturated rings. The first-order valence-electron chi connectivity index (χ1n) is 9.57. The van der Waals surface area contributed by atoms with Crippen LogP contribution in [0.2, 0.25) is 0 Å². The third-order valence-corrected chi connectivity index (χ3v) is 4.50. The summed E-state index contributed by atoms with van der Waals surface area (Å²) in [4.78, 5) is 30.6. The minimum Gasteiger partial charge on any atom is -0.347 e. The van der Waals surface area contributed by atoms with E-state index in [-0.39, 0.29) is 23.8 Å². The van der Waals surface area contributed by atoms with Gasteiger partial charge >= 0.3 is 11.8 Å². The second-order valence-electron chi connectivity index (χ2n) is 6.38. The molecule has 9 nitrogen and oxygen atoms in total. The van der Waals surface area contributed by atoms with Crippen LogP contribution in [0.1, 0.15) is 30.4 Å². The number of hydrogen-bond acceptors (Lipinski definition) is 7. The van der Waals surface area contributed by atoms with Crippen molar-refractivity contribution in [2.24, 2.45) is 0 Å². The van der Waals surface area contributed by atoms with E-state index in [2.05, 4.69) is 39.3 Å². The van der Waals surface area contributed by atoms with Gasteiger partial charge in [0.25, 0.3) is 5.56 Å². The number of carbonyl (C=O) groups is 1. The highest BCUT2D eigenvalue weighted by molar-refractivity contribution is 5.89. The Kier molecular flexibility index (Phi) is 6.85. The minimum absolute atomic E-state index is 0.00966. The molecule has 2 aromatic heterocycles. The number of nitrogens with zero attached hydrogens (tertiary/aromatic N) is 5. The molecule has 29 heavy (non-hydrogen) atoms. The van der Waals surface area contributed by atoms with E-state index in [1.165, 1.54) is 10.7 Å². The van der Waals surface area contributed by atoms with E-state index in [4.69, 9.17) is 4.52 Å². The van der Waals surface area contributed by atoms with Crippen LogP contribution in [0.5, 0.6) is 0 Å². The molecule has 2 heterocycles. The summed E-state index contributed by atoms with van der Waals surface area (Å²) in [5, 5.41) is 10.9. The maximum Gasteiger partial charge on any atom is 0.316 e. The molecule has 0 saturated carbocycles. The smallest absolute Gasteiger partial charge is 0.316 e. The Labute approximate surface area is 168 Å². The van der Waals surface area contributed by atoms with Crippen molar-refractivity contribution in [3.8, 4) is 11.3 Å². The summed E-state index contributed by atoms with van der Waals surface area (Å²) in [7, 11) is 0. The van der Waals surface area contributed by atoms with Gasteiger partial charge in [-0.25, -0.2) is 4.68 Å². The van der Waals surface area contributed by atoms with Crippen molar-refractivity contribution in [1.82, 2.24) is 30.1 Å². The molecule has 152 valence electrons. The SMILES string of the molecule is CCN(CC)CCNC(=O)c1nc(Cn2nc(-c3ccccc3)ccc2=O)no1. The summed E-state index contributed by atoms with van der Waals surface area (Å²) in [6.07, 6.45) is 0. The van der Waals surface area contributed by atoms with E-state index in [0.29, 0.717) is 12.2 Å². The lowest BCUT2D eigenvalue weighted by Gasteiger charge is -2.17. The van der Waals surface area contributed by atoms with Gasteiger partial charge in [0.1, 0.15) is 6.54 Å². The van der Waals surface area contributed by atoms with Gasteiger partial charge in [-0.1, -0.05) is 49.3 Å². The van der Waals surface area contributed by atoms with Crippen molar-refractivity contribution in [2.75, 3.05) is 26.2 Å². The second-order valence-corrected chi connectivity index (χ2v) is 6.38. The fourth-order valence-electron chi connectivity index (χ4n) is 2.81. The van der Waals surface area contributed by atoms with Crippen LogP contribution < -0.4 is 10.9 Å². The molecule has 0 saturated heterocycles. The molecule has 3 aromatic rings. The van der Waals surface area contributed by atoms with Gasteiger partial charge in [0, 0.05) is 24.7 Å². The largest absolute Gasteiger partial charge is 0.347 e. The third-order valence-electron chi connectivity index (χ3n) is 4.50. The lowest BCUT2D eigenvalue weighted by molar-refractivity contribution is 0.0905. The number of aromatic nitrogens is 4. The highest BCUT2D eigenvalue weighted by Gasteiger charge is 2.16. The molecule has 0 bridgehead atoms. The van der Waals surface area contributed by atoms with Crippen molar-refractivity contribution in [3.05, 3.63) is 64.5 Å². The molecule has 0 aliphatic heterocycles. The van der Waals surface area contributed by atoms with Crippen LogP contribution in [0, 0.1) is 0 Å². The molecule has 0 aliphatic carbocycles. The number of carbonyl (C=O) groups excluding carboxylic acids is 1. The minimum atomic E-state index is -0.436. The standard InChI is InChI=1S/C20H24N6O3/c1-3-25(4-2)13-12-21-19(28)20-22-17(24-29-20)14-26-18(27)11-10-16(23-26)15-8-6-5-7-9-15/h5-11H,3-4,12-14H2,1-2H3,(H,21,28). The Morgan fingerprint density at radius 3 is 2.62 bits per heavy atom. The third kappa shape index (κ3) is 5.35. The van der Waals surface area contributed by atoms with Crippen LogP contribution in [-0.4, -0.2) is 56.9 Å². The second kappa shape index (κ2) is 9.74. The average molecular weight is 396 g/mol. The topological polar surface area (TPSA) is 106 Å². The van der Waals surface area contributed by atoms with E-state index >= 15 is 0 Å². The first kappa shape index (κ1) is 20.4. The summed E-state index contributed by atoms with van der Waals surface area (Å²) < 4.78 is 6.28. The summed E-state index contributed by atoms with van der Waals surface area (Å²) in [5.74, 6) is -0.361. The molecule has 0 unspecified atom stereocenters. The zero-order valence-corrected chi connectivity index (χ0v) is 16.5. The normalized spacial score (nSPS) is 11.0. The van der Waals surface area contributed by atoms with Crippen LogP contribution >= 0.6 is 0 Å². The Morgan fingerprint density at radius 2 is 1.90 bits per heavy atom. The van der Waals surface area contributed by atoms with Gasteiger partial charge < -0.3 is 14.7 Å². The Bertz CT molecular complexity index is 995. The molecule has 3 rings (SSSR count). The van der Waals surface area contributed by atoms with Crippen molar-refractivity contribution in [2.45, 2.75) is 20.4 Å². The maximum atomic E-state index is 12.2. The van der Waals surface area contributed by atoms with E-state index in [9.17, 15) is 9.59 Å². The fraction of sp³-hybridized carbons (Fsp3) is 0.350. The molecule has 9 heteroatoms. The highest BCUT2D eigenvalue weighted by atomic mass is 16.5. The van der Waals surface area contributed by atoms with Crippen LogP contribution in [0.15, 0.2) is 51.8 Å². The number of nitrogens with one attached hydrogen (secondary N) is 1. The number of likely N-dealkylation sites (N-methyl/N-ethyl adjacent to an activating group) is 1. The van der Waals surface area contributed by atoms with Gasteiger partial charge in [0.2, 0.25) is 0 Å². The predicted octanol–water partition coefficient (Wildman–Crippen LogP) is 1.41. The van der Waals surface area contributed by atoms with E-state index < -0.39 is 5.91 Å². The van der Waals surface area contributed by atoms with Crippen LogP contribution in [0.3, 0.4) is 0 Å². The van der Waals surface area contributed by atoms with Gasteiger partial charge in [0.15, 0.2) is 5.82 Å². The van der Waals surface area contributed by atoms with Crippen LogP contribution in [0.4, 0.5) is 0 Å². The van der Waals surface area contributed by atoms with Crippen molar-refractivity contribution >= 4 is 5.91 Å². The average Bonchev–Trinajstić information content (AvgIpc) is 3.22. The summed E-state index contributed by atoms with van der Waals surface area (Å²) in [6, 6.07) is 12.6. The lowest BCUT2D eigenvalue weighted by atomic mass is 10.1. The Hall–Kier alpha value is -3.33. The van der Waals surface area contributed by atoms with Crippen molar-refractivity contribution in [3.63, 3.8) is 0 Å². The first-order chi connectivity index (χ1) is 14.1. The molecule has 1 N–H and O–H groups in total. The molecular formula is C20H24N6O3. The molecule has 0 aliphatic rings. The molecular weight excluding hydrogens is 372 g/mol. The molecule has 0 atom stereocenters. The monoisotopic (exact) mass is 396 g/mol. The van der Waals surface area contributed by atoms with Crippen LogP contribution in [-0.2, 0) is 6.54 Å². The zero-order valence-electron chi connectivity index (χ0n) is 16.5. The quantitative estimate of drug-likeness (QED) is 0.583. The number of rotatable bonds is 9. The van der Waals surface area contributed by atoms with Gasteiger partial charge in [-0.15, -0.1) is 0 Å². The molecule has 0 radical (unpaired) electrons. The zero-order chi connectivity index (χ0) is 20.6. The fourth-order valence-corrected chi connectivity index (χ4v) is 2.81. The first-order valence-corrected chi connectivity index (χ1v) is 9.57. The van der Waals surface area contributed by atoms with Crippen molar-refractivity contribution in [1.29, 1.82) is 0 Å². The number of benzene rings is 1. The lowest BCUT2D eigenvalue weighted by Crippen LogP contribution is -2.34. The van der Waals surface area contributed by atoms with Gasteiger partial charge in [0.05, 0.1) is 5.69 Å². The van der Waals surface area contributed by atoms with E-state index in [1.54, 1.807) is 6.07 Å². The van der Waals surface area contributed by atoms with Crippen LogP contribution in [0.25, 0.3) is 11.3 Å². The molecule has 0 spiro atoms. The molecule has 1 amide bonds. The summed E-state index contributed by atoms with van der Waals surface area (Å²) in [5.41, 5.74) is 1.26. The van der Waals surface area contributed by atoms with Gasteiger partial charge in [-0.3, -0.25) is 9.59 Å². The number of amides is 1. The Balaban J connectivity index is 1.65. The Morgan fingerprint density at radius 1 is 1.14 bits per heavy atom. The van der Waals surface area contributed by atoms with Gasteiger partial charge in [-0.05, 0) is 19.2 Å². The number of hydrogen-bond donors (Lipinski definition) is 1. The van der Waals surface area contributed by atoms with Gasteiger partial charge in [-0.2, -0.15) is 10.1 Å².